The van der Waals surface area contributed by atoms with Crippen LogP contribution >= 0.6 is 0 Å². The van der Waals surface area contributed by atoms with E-state index in [0.29, 0.717) is 31.8 Å². The molecule has 1 aromatic carbocycles. The standard InChI is InChI=1S/C15H21N3O4/c1-11-5-4-6-13(18(20)21)14(11)15(19)17-7-8-22-12(10-17)9-16(2)3/h4-6,12H,7-10H2,1-3H3/t12-/m1/s1. The van der Waals surface area contributed by atoms with Crippen LogP contribution in [-0.2, 0) is 4.74 Å². The van der Waals surface area contributed by atoms with Gasteiger partial charge in [-0.3, -0.25) is 14.9 Å². The third kappa shape index (κ3) is 3.61. The van der Waals surface area contributed by atoms with Crippen LogP contribution in [0.1, 0.15) is 15.9 Å². The summed E-state index contributed by atoms with van der Waals surface area (Å²) in [5.74, 6) is -0.295. The topological polar surface area (TPSA) is 75.9 Å². The fraction of sp³-hybridized carbons (Fsp3) is 0.533. The predicted octanol–water partition coefficient (Wildman–Crippen LogP) is 1.31. The minimum Gasteiger partial charge on any atom is -0.373 e. The van der Waals surface area contributed by atoms with E-state index < -0.39 is 4.92 Å². The largest absolute Gasteiger partial charge is 0.373 e. The molecule has 0 spiro atoms. The van der Waals surface area contributed by atoms with Gasteiger partial charge in [-0.1, -0.05) is 12.1 Å². The molecule has 1 heterocycles. The number of likely N-dealkylation sites (N-methyl/N-ethyl adjacent to an activating group) is 1. The van der Waals surface area contributed by atoms with Gasteiger partial charge in [0.1, 0.15) is 5.56 Å². The number of benzene rings is 1. The molecule has 0 N–H and O–H groups in total. The number of morpholine rings is 1. The average molecular weight is 307 g/mol. The van der Waals surface area contributed by atoms with Gasteiger partial charge in [0.15, 0.2) is 0 Å². The van der Waals surface area contributed by atoms with Gasteiger partial charge in [0.2, 0.25) is 0 Å². The van der Waals surface area contributed by atoms with Crippen LogP contribution < -0.4 is 0 Å². The molecule has 120 valence electrons. The van der Waals surface area contributed by atoms with Crippen LogP contribution in [0.5, 0.6) is 0 Å². The minimum absolute atomic E-state index is 0.0734. The van der Waals surface area contributed by atoms with Crippen LogP contribution in [0.25, 0.3) is 0 Å². The Balaban J connectivity index is 2.23. The summed E-state index contributed by atoms with van der Waals surface area (Å²) in [7, 11) is 3.88. The smallest absolute Gasteiger partial charge is 0.282 e. The molecule has 1 aliphatic rings. The number of nitrogens with zero attached hydrogens (tertiary/aromatic N) is 3. The van der Waals surface area contributed by atoms with Crippen molar-refractivity contribution in [1.82, 2.24) is 9.80 Å². The Morgan fingerprint density at radius 3 is 2.86 bits per heavy atom. The molecule has 1 aromatic rings. The molecule has 1 fully saturated rings. The number of carbonyl (C=O) groups is 1. The van der Waals surface area contributed by atoms with Gasteiger partial charge in [-0.25, -0.2) is 0 Å². The molecular formula is C15H21N3O4. The van der Waals surface area contributed by atoms with Crippen molar-refractivity contribution in [1.29, 1.82) is 0 Å². The predicted molar refractivity (Wildman–Crippen MR) is 82.0 cm³/mol. The van der Waals surface area contributed by atoms with Gasteiger partial charge in [-0.05, 0) is 26.6 Å². The molecule has 0 radical (unpaired) electrons. The number of ether oxygens (including phenoxy) is 1. The van der Waals surface area contributed by atoms with Crippen molar-refractivity contribution in [2.24, 2.45) is 0 Å². The Morgan fingerprint density at radius 1 is 1.50 bits per heavy atom. The molecule has 0 unspecified atom stereocenters. The maximum absolute atomic E-state index is 12.7. The van der Waals surface area contributed by atoms with Crippen LogP contribution in [0.15, 0.2) is 18.2 Å². The summed E-state index contributed by atoms with van der Waals surface area (Å²) >= 11 is 0. The highest BCUT2D eigenvalue weighted by molar-refractivity contribution is 5.99. The number of aryl methyl sites for hydroxylation is 1. The Kier molecular flexibility index (Phi) is 5.10. The fourth-order valence-corrected chi connectivity index (χ4v) is 2.66. The molecule has 7 nitrogen and oxygen atoms in total. The lowest BCUT2D eigenvalue weighted by atomic mass is 10.0. The highest BCUT2D eigenvalue weighted by Gasteiger charge is 2.30. The number of hydrogen-bond donors (Lipinski definition) is 0. The number of rotatable bonds is 4. The minimum atomic E-state index is -0.502. The molecule has 22 heavy (non-hydrogen) atoms. The van der Waals surface area contributed by atoms with Crippen LogP contribution in [0.2, 0.25) is 0 Å². The first-order valence-electron chi connectivity index (χ1n) is 7.19. The number of carbonyl (C=O) groups excluding carboxylic acids is 1. The Morgan fingerprint density at radius 2 is 2.23 bits per heavy atom. The summed E-state index contributed by atoms with van der Waals surface area (Å²) in [6.45, 7) is 3.78. The zero-order valence-corrected chi connectivity index (χ0v) is 13.1. The van der Waals surface area contributed by atoms with Crippen molar-refractivity contribution in [2.75, 3.05) is 40.3 Å². The highest BCUT2D eigenvalue weighted by Crippen LogP contribution is 2.24. The van der Waals surface area contributed by atoms with Crippen LogP contribution in [-0.4, -0.2) is 67.1 Å². The van der Waals surface area contributed by atoms with Crippen molar-refractivity contribution in [3.63, 3.8) is 0 Å². The maximum Gasteiger partial charge on any atom is 0.282 e. The number of amides is 1. The van der Waals surface area contributed by atoms with E-state index in [1.807, 2.05) is 19.0 Å². The molecule has 0 aromatic heterocycles. The lowest BCUT2D eigenvalue weighted by Gasteiger charge is -2.34. The summed E-state index contributed by atoms with van der Waals surface area (Å²) in [5.41, 5.74) is 0.661. The van der Waals surface area contributed by atoms with Gasteiger partial charge in [0, 0.05) is 25.7 Å². The quantitative estimate of drug-likeness (QED) is 0.619. The molecule has 1 atom stereocenters. The van der Waals surface area contributed by atoms with Gasteiger partial charge >= 0.3 is 0 Å². The van der Waals surface area contributed by atoms with E-state index in [2.05, 4.69) is 0 Å². The second-order valence-electron chi connectivity index (χ2n) is 5.73. The molecule has 1 aliphatic heterocycles. The maximum atomic E-state index is 12.7. The third-order valence-corrected chi connectivity index (χ3v) is 3.66. The molecule has 1 amide bonds. The Labute approximate surface area is 129 Å². The van der Waals surface area contributed by atoms with E-state index >= 15 is 0 Å². The van der Waals surface area contributed by atoms with Crippen LogP contribution in [0, 0.1) is 17.0 Å². The van der Waals surface area contributed by atoms with Gasteiger partial charge in [0.25, 0.3) is 11.6 Å². The van der Waals surface area contributed by atoms with Crippen molar-refractivity contribution in [3.05, 3.63) is 39.4 Å². The second-order valence-corrected chi connectivity index (χ2v) is 5.73. The Bertz CT molecular complexity index is 574. The fourth-order valence-electron chi connectivity index (χ4n) is 2.66. The van der Waals surface area contributed by atoms with Crippen molar-refractivity contribution >= 4 is 11.6 Å². The summed E-state index contributed by atoms with van der Waals surface area (Å²) in [6.07, 6.45) is -0.0734. The number of hydrogen-bond acceptors (Lipinski definition) is 5. The van der Waals surface area contributed by atoms with E-state index in [4.69, 9.17) is 4.74 Å². The lowest BCUT2D eigenvalue weighted by Crippen LogP contribution is -2.49. The molecule has 1 saturated heterocycles. The summed E-state index contributed by atoms with van der Waals surface area (Å²) in [6, 6.07) is 4.69. The van der Waals surface area contributed by atoms with E-state index in [-0.39, 0.29) is 23.3 Å². The molecule has 0 bridgehead atoms. The molecule has 0 aliphatic carbocycles. The Hall–Kier alpha value is -1.99. The van der Waals surface area contributed by atoms with E-state index in [1.165, 1.54) is 6.07 Å². The van der Waals surface area contributed by atoms with Crippen molar-refractivity contribution in [3.8, 4) is 0 Å². The third-order valence-electron chi connectivity index (χ3n) is 3.66. The van der Waals surface area contributed by atoms with E-state index in [0.717, 1.165) is 0 Å². The monoisotopic (exact) mass is 307 g/mol. The zero-order valence-electron chi connectivity index (χ0n) is 13.1. The first-order valence-corrected chi connectivity index (χ1v) is 7.19. The van der Waals surface area contributed by atoms with E-state index in [9.17, 15) is 14.9 Å². The van der Waals surface area contributed by atoms with Crippen molar-refractivity contribution in [2.45, 2.75) is 13.0 Å². The first-order chi connectivity index (χ1) is 10.4. The van der Waals surface area contributed by atoms with Crippen LogP contribution in [0.4, 0.5) is 5.69 Å². The van der Waals surface area contributed by atoms with Crippen LogP contribution in [0.3, 0.4) is 0 Å². The number of nitro groups is 1. The SMILES string of the molecule is Cc1cccc([N+](=O)[O-])c1C(=O)N1CCO[C@H](CN(C)C)C1. The summed E-state index contributed by atoms with van der Waals surface area (Å²) in [4.78, 5) is 27.0. The number of nitro benzene ring substituents is 1. The van der Waals surface area contributed by atoms with Gasteiger partial charge < -0.3 is 14.5 Å². The molecule has 2 rings (SSSR count). The molecular weight excluding hydrogens is 286 g/mol. The average Bonchev–Trinajstić information content (AvgIpc) is 2.45. The molecule has 7 heteroatoms. The summed E-state index contributed by atoms with van der Waals surface area (Å²) in [5, 5.41) is 11.2. The van der Waals surface area contributed by atoms with Gasteiger partial charge in [-0.15, -0.1) is 0 Å². The van der Waals surface area contributed by atoms with Gasteiger partial charge in [0.05, 0.1) is 17.6 Å². The molecule has 0 saturated carbocycles. The first kappa shape index (κ1) is 16.4. The highest BCUT2D eigenvalue weighted by atomic mass is 16.6. The summed E-state index contributed by atoms with van der Waals surface area (Å²) < 4.78 is 5.64. The van der Waals surface area contributed by atoms with Crippen molar-refractivity contribution < 1.29 is 14.5 Å². The normalized spacial score (nSPS) is 18.5. The lowest BCUT2D eigenvalue weighted by molar-refractivity contribution is -0.385. The van der Waals surface area contributed by atoms with E-state index in [1.54, 1.807) is 24.0 Å². The van der Waals surface area contributed by atoms with Gasteiger partial charge in [-0.2, -0.15) is 0 Å². The second kappa shape index (κ2) is 6.85. The zero-order chi connectivity index (χ0) is 16.3.